The molecular weight excluding hydrogens is 228 g/mol. The second-order valence-electron chi connectivity index (χ2n) is 4.59. The maximum absolute atomic E-state index is 5.63. The highest BCUT2D eigenvalue weighted by atomic mass is 16.5. The SMILES string of the molecule is COc1ccc(N(C)CCC(C)CN)c(OC)c1. The van der Waals surface area contributed by atoms with Crippen molar-refractivity contribution in [3.05, 3.63) is 18.2 Å². The van der Waals surface area contributed by atoms with Gasteiger partial charge < -0.3 is 20.1 Å². The van der Waals surface area contributed by atoms with Crippen LogP contribution in [0.1, 0.15) is 13.3 Å². The van der Waals surface area contributed by atoms with Gasteiger partial charge in [0.15, 0.2) is 0 Å². The van der Waals surface area contributed by atoms with Crippen molar-refractivity contribution in [2.45, 2.75) is 13.3 Å². The lowest BCUT2D eigenvalue weighted by Crippen LogP contribution is -2.23. The van der Waals surface area contributed by atoms with Crippen molar-refractivity contribution >= 4 is 5.69 Å². The third kappa shape index (κ3) is 3.81. The molecule has 0 bridgehead atoms. The lowest BCUT2D eigenvalue weighted by molar-refractivity contribution is 0.394. The van der Waals surface area contributed by atoms with Crippen LogP contribution < -0.4 is 20.1 Å². The van der Waals surface area contributed by atoms with E-state index in [4.69, 9.17) is 15.2 Å². The smallest absolute Gasteiger partial charge is 0.145 e. The molecule has 1 aromatic rings. The number of methoxy groups -OCH3 is 2. The maximum Gasteiger partial charge on any atom is 0.145 e. The Labute approximate surface area is 110 Å². The van der Waals surface area contributed by atoms with Gasteiger partial charge in [-0.3, -0.25) is 0 Å². The van der Waals surface area contributed by atoms with E-state index in [1.807, 2.05) is 18.2 Å². The van der Waals surface area contributed by atoms with Gasteiger partial charge in [0.1, 0.15) is 11.5 Å². The molecule has 0 heterocycles. The summed E-state index contributed by atoms with van der Waals surface area (Å²) in [6.45, 7) is 3.85. The van der Waals surface area contributed by atoms with Gasteiger partial charge in [0.25, 0.3) is 0 Å². The minimum atomic E-state index is 0.539. The van der Waals surface area contributed by atoms with Gasteiger partial charge in [-0.2, -0.15) is 0 Å². The second-order valence-corrected chi connectivity index (χ2v) is 4.59. The van der Waals surface area contributed by atoms with Crippen molar-refractivity contribution in [2.75, 3.05) is 39.3 Å². The van der Waals surface area contributed by atoms with Crippen LogP contribution >= 0.6 is 0 Å². The monoisotopic (exact) mass is 252 g/mol. The molecule has 1 aromatic carbocycles. The molecule has 0 radical (unpaired) electrons. The Bertz CT molecular complexity index is 369. The first-order valence-corrected chi connectivity index (χ1v) is 6.25. The fourth-order valence-electron chi connectivity index (χ4n) is 1.75. The molecule has 1 atom stereocenters. The van der Waals surface area contributed by atoms with Gasteiger partial charge in [0.05, 0.1) is 19.9 Å². The fraction of sp³-hybridized carbons (Fsp3) is 0.571. The van der Waals surface area contributed by atoms with E-state index in [9.17, 15) is 0 Å². The van der Waals surface area contributed by atoms with E-state index in [1.165, 1.54) is 0 Å². The second kappa shape index (κ2) is 7.11. The van der Waals surface area contributed by atoms with Gasteiger partial charge in [-0.05, 0) is 31.0 Å². The van der Waals surface area contributed by atoms with E-state index in [0.29, 0.717) is 5.92 Å². The lowest BCUT2D eigenvalue weighted by Gasteiger charge is -2.23. The molecule has 0 aromatic heterocycles. The van der Waals surface area contributed by atoms with E-state index >= 15 is 0 Å². The number of nitrogens with two attached hydrogens (primary N) is 1. The van der Waals surface area contributed by atoms with E-state index in [0.717, 1.165) is 36.7 Å². The molecule has 1 rings (SSSR count). The summed E-state index contributed by atoms with van der Waals surface area (Å²) in [5.74, 6) is 2.17. The number of rotatable bonds is 7. The van der Waals surface area contributed by atoms with Crippen LogP contribution in [0.2, 0.25) is 0 Å². The molecule has 1 unspecified atom stereocenters. The molecule has 4 heteroatoms. The molecule has 0 aliphatic rings. The average molecular weight is 252 g/mol. The minimum Gasteiger partial charge on any atom is -0.497 e. The molecule has 0 spiro atoms. The number of ether oxygens (including phenoxy) is 2. The van der Waals surface area contributed by atoms with Crippen molar-refractivity contribution < 1.29 is 9.47 Å². The van der Waals surface area contributed by atoms with Gasteiger partial charge in [-0.25, -0.2) is 0 Å². The molecule has 0 fully saturated rings. The standard InChI is InChI=1S/C14H24N2O2/c1-11(10-15)7-8-16(2)13-6-5-12(17-3)9-14(13)18-4/h5-6,9,11H,7-8,10,15H2,1-4H3. The third-order valence-corrected chi connectivity index (χ3v) is 3.16. The summed E-state index contributed by atoms with van der Waals surface area (Å²) in [5.41, 5.74) is 6.70. The summed E-state index contributed by atoms with van der Waals surface area (Å²) in [6.07, 6.45) is 1.07. The van der Waals surface area contributed by atoms with Gasteiger partial charge in [0.2, 0.25) is 0 Å². The normalized spacial score (nSPS) is 12.1. The van der Waals surface area contributed by atoms with Crippen LogP contribution in [0.15, 0.2) is 18.2 Å². The Morgan fingerprint density at radius 3 is 2.56 bits per heavy atom. The topological polar surface area (TPSA) is 47.7 Å². The Morgan fingerprint density at radius 1 is 1.28 bits per heavy atom. The van der Waals surface area contributed by atoms with Crippen molar-refractivity contribution in [3.63, 3.8) is 0 Å². The summed E-state index contributed by atoms with van der Waals surface area (Å²) in [4.78, 5) is 2.18. The quantitative estimate of drug-likeness (QED) is 0.807. The summed E-state index contributed by atoms with van der Waals surface area (Å²) in [6, 6.07) is 5.86. The molecule has 0 aliphatic heterocycles. The summed E-state index contributed by atoms with van der Waals surface area (Å²) in [7, 11) is 5.39. The molecule has 18 heavy (non-hydrogen) atoms. The Hall–Kier alpha value is -1.42. The number of nitrogens with zero attached hydrogens (tertiary/aromatic N) is 1. The first kappa shape index (κ1) is 14.6. The number of anilines is 1. The molecule has 102 valence electrons. The van der Waals surface area contributed by atoms with Crippen molar-refractivity contribution in [1.29, 1.82) is 0 Å². The van der Waals surface area contributed by atoms with Gasteiger partial charge in [-0.15, -0.1) is 0 Å². The van der Waals surface area contributed by atoms with Gasteiger partial charge >= 0.3 is 0 Å². The highest BCUT2D eigenvalue weighted by Crippen LogP contribution is 2.31. The van der Waals surface area contributed by atoms with E-state index in [1.54, 1.807) is 14.2 Å². The van der Waals surface area contributed by atoms with Crippen LogP contribution in [0.5, 0.6) is 11.5 Å². The van der Waals surface area contributed by atoms with E-state index in [2.05, 4.69) is 18.9 Å². The molecule has 0 saturated heterocycles. The predicted molar refractivity (Wildman–Crippen MR) is 75.7 cm³/mol. The van der Waals surface area contributed by atoms with Crippen LogP contribution in [0, 0.1) is 5.92 Å². The molecule has 2 N–H and O–H groups in total. The van der Waals surface area contributed by atoms with Crippen LogP contribution in [0.25, 0.3) is 0 Å². The first-order valence-electron chi connectivity index (χ1n) is 6.25. The largest absolute Gasteiger partial charge is 0.497 e. The Balaban J connectivity index is 2.75. The van der Waals surface area contributed by atoms with Crippen LogP contribution in [-0.4, -0.2) is 34.4 Å². The average Bonchev–Trinajstić information content (AvgIpc) is 2.43. The third-order valence-electron chi connectivity index (χ3n) is 3.16. The summed E-state index contributed by atoms with van der Waals surface area (Å²) >= 11 is 0. The molecule has 0 amide bonds. The van der Waals surface area contributed by atoms with Gasteiger partial charge in [-0.1, -0.05) is 6.92 Å². The zero-order valence-corrected chi connectivity index (χ0v) is 11.8. The molecule has 4 nitrogen and oxygen atoms in total. The predicted octanol–water partition coefficient (Wildman–Crippen LogP) is 2.12. The number of benzene rings is 1. The summed E-state index contributed by atoms with van der Waals surface area (Å²) in [5, 5.41) is 0. The van der Waals surface area contributed by atoms with Crippen molar-refractivity contribution in [2.24, 2.45) is 11.7 Å². The minimum absolute atomic E-state index is 0.539. The summed E-state index contributed by atoms with van der Waals surface area (Å²) < 4.78 is 10.6. The van der Waals surface area contributed by atoms with Gasteiger partial charge in [0, 0.05) is 19.7 Å². The Morgan fingerprint density at radius 2 is 2.00 bits per heavy atom. The van der Waals surface area contributed by atoms with Crippen LogP contribution in [0.4, 0.5) is 5.69 Å². The van der Waals surface area contributed by atoms with Crippen LogP contribution in [0.3, 0.4) is 0 Å². The van der Waals surface area contributed by atoms with E-state index < -0.39 is 0 Å². The molecule has 0 saturated carbocycles. The van der Waals surface area contributed by atoms with Crippen molar-refractivity contribution in [3.8, 4) is 11.5 Å². The molecular formula is C14H24N2O2. The van der Waals surface area contributed by atoms with Crippen molar-refractivity contribution in [1.82, 2.24) is 0 Å². The Kier molecular flexibility index (Phi) is 5.78. The molecule has 0 aliphatic carbocycles. The van der Waals surface area contributed by atoms with Crippen LogP contribution in [-0.2, 0) is 0 Å². The fourth-order valence-corrected chi connectivity index (χ4v) is 1.75. The maximum atomic E-state index is 5.63. The highest BCUT2D eigenvalue weighted by molar-refractivity contribution is 5.60. The van der Waals surface area contributed by atoms with E-state index in [-0.39, 0.29) is 0 Å². The highest BCUT2D eigenvalue weighted by Gasteiger charge is 2.10. The zero-order chi connectivity index (χ0) is 13.5. The number of hydrogen-bond acceptors (Lipinski definition) is 4. The zero-order valence-electron chi connectivity index (χ0n) is 11.8. The number of hydrogen-bond donors (Lipinski definition) is 1. The lowest BCUT2D eigenvalue weighted by atomic mass is 10.1. The first-order chi connectivity index (χ1) is 8.62.